The van der Waals surface area contributed by atoms with Crippen LogP contribution in [0.5, 0.6) is 5.75 Å². The van der Waals surface area contributed by atoms with Gasteiger partial charge < -0.3 is 41.5 Å². The molecule has 8 N–H and O–H groups in total. The van der Waals surface area contributed by atoms with Gasteiger partial charge in [-0.15, -0.1) is 0 Å². The quantitative estimate of drug-likeness (QED) is 0.340. The fourth-order valence-electron chi connectivity index (χ4n) is 5.72. The lowest BCUT2D eigenvalue weighted by Gasteiger charge is -2.43. The maximum Gasteiger partial charge on any atom is 0.253 e. The number of anilines is 1. The summed E-state index contributed by atoms with van der Waals surface area (Å²) in [6.45, 7) is 0. The van der Waals surface area contributed by atoms with Gasteiger partial charge in [0.1, 0.15) is 22.8 Å². The zero-order valence-electron chi connectivity index (χ0n) is 16.9. The van der Waals surface area contributed by atoms with Gasteiger partial charge in [-0.2, -0.15) is 0 Å². The minimum absolute atomic E-state index is 0.00305. The van der Waals surface area contributed by atoms with Gasteiger partial charge in [0.25, 0.3) is 5.91 Å². The monoisotopic (exact) mass is 429 g/mol. The van der Waals surface area contributed by atoms with Gasteiger partial charge in [0.15, 0.2) is 5.60 Å². The van der Waals surface area contributed by atoms with Gasteiger partial charge in [0, 0.05) is 31.3 Å². The maximum atomic E-state index is 13.6. The van der Waals surface area contributed by atoms with Crippen LogP contribution in [0.2, 0.25) is 0 Å². The molecule has 0 aromatic heterocycles. The van der Waals surface area contributed by atoms with E-state index in [4.69, 9.17) is 16.2 Å². The van der Waals surface area contributed by atoms with Crippen LogP contribution in [0.1, 0.15) is 17.5 Å². The molecule has 1 aliphatic heterocycles. The van der Waals surface area contributed by atoms with Crippen molar-refractivity contribution in [3.63, 3.8) is 0 Å². The van der Waals surface area contributed by atoms with Crippen LogP contribution in [-0.2, 0) is 20.7 Å². The number of nitrogens with zero attached hydrogens (tertiary/aromatic N) is 1. The zero-order chi connectivity index (χ0) is 22.6. The molecule has 0 bridgehead atoms. The number of aliphatic hydroxyl groups excluding tert-OH is 2. The zero-order valence-corrected chi connectivity index (χ0v) is 16.9. The first-order chi connectivity index (χ1) is 14.5. The molecule has 1 saturated heterocycles. The van der Waals surface area contributed by atoms with Crippen molar-refractivity contribution in [3.05, 3.63) is 40.2 Å². The Morgan fingerprint density at radius 2 is 1.94 bits per heavy atom. The second kappa shape index (κ2) is 5.78. The van der Waals surface area contributed by atoms with Crippen molar-refractivity contribution in [3.8, 4) is 5.75 Å². The molecule has 2 fully saturated rings. The molecule has 5 rings (SSSR count). The number of carbonyl (C=O) groups excluding carboxylic acids is 2. The Hall–Kier alpha value is -3.08. The van der Waals surface area contributed by atoms with Gasteiger partial charge >= 0.3 is 0 Å². The number of primary amides is 1. The molecule has 4 aliphatic rings. The largest absolute Gasteiger partial charge is 0.510 e. The van der Waals surface area contributed by atoms with Crippen LogP contribution in [0.3, 0.4) is 0 Å². The van der Waals surface area contributed by atoms with E-state index in [-0.39, 0.29) is 23.3 Å². The first-order valence-corrected chi connectivity index (χ1v) is 9.89. The van der Waals surface area contributed by atoms with Gasteiger partial charge in [-0.3, -0.25) is 9.59 Å². The molecule has 1 amide bonds. The van der Waals surface area contributed by atoms with Crippen LogP contribution >= 0.6 is 0 Å². The predicted molar refractivity (Wildman–Crippen MR) is 108 cm³/mol. The standard InChI is InChI=1S/C21H23N3O7/c1-24(2)10-3-4-11(25)13-8(10)5-7-6-9-15(22)17(27)14(19(23)29)21(30)20(9,31-21)18(28)12(7)16(13)26/h3-4,7,9,15,25-27,30H,5-6,22H2,1-2H3,(H2,23,29)/t7?,9?,15?,20-,21?/m0/s1. The summed E-state index contributed by atoms with van der Waals surface area (Å²) in [5.41, 5.74) is 10.5. The summed E-state index contributed by atoms with van der Waals surface area (Å²) in [4.78, 5) is 27.4. The highest BCUT2D eigenvalue weighted by Gasteiger charge is 2.85. The smallest absolute Gasteiger partial charge is 0.253 e. The van der Waals surface area contributed by atoms with E-state index in [9.17, 15) is 30.0 Å². The second-order valence-corrected chi connectivity index (χ2v) is 8.82. The summed E-state index contributed by atoms with van der Waals surface area (Å²) in [6.07, 6.45) is 0.528. The summed E-state index contributed by atoms with van der Waals surface area (Å²) < 4.78 is 5.45. The van der Waals surface area contributed by atoms with E-state index in [2.05, 4.69) is 0 Å². The molecule has 0 radical (unpaired) electrons. The minimum Gasteiger partial charge on any atom is -0.510 e. The van der Waals surface area contributed by atoms with Gasteiger partial charge in [-0.1, -0.05) is 0 Å². The number of phenolic OH excluding ortho intramolecular Hbond substituents is 1. The summed E-state index contributed by atoms with van der Waals surface area (Å²) in [6, 6.07) is 2.00. The van der Waals surface area contributed by atoms with Crippen molar-refractivity contribution < 1.29 is 34.8 Å². The van der Waals surface area contributed by atoms with Crippen LogP contribution in [0.4, 0.5) is 5.69 Å². The van der Waals surface area contributed by atoms with Gasteiger partial charge in [-0.05, 0) is 36.5 Å². The summed E-state index contributed by atoms with van der Waals surface area (Å²) in [5, 5.41) is 42.9. The Bertz CT molecular complexity index is 1140. The lowest BCUT2D eigenvalue weighted by atomic mass is 9.59. The number of carbonyl (C=O) groups is 2. The van der Waals surface area contributed by atoms with Crippen molar-refractivity contribution in [2.75, 3.05) is 19.0 Å². The number of ketones is 1. The Kier molecular flexibility index (Phi) is 3.71. The molecule has 5 atom stereocenters. The number of ether oxygens (including phenoxy) is 1. The number of rotatable bonds is 2. The highest BCUT2D eigenvalue weighted by molar-refractivity contribution is 6.14. The van der Waals surface area contributed by atoms with Crippen molar-refractivity contribution in [2.45, 2.75) is 30.3 Å². The lowest BCUT2D eigenvalue weighted by Crippen LogP contribution is -2.59. The average molecular weight is 429 g/mol. The number of amides is 1. The highest BCUT2D eigenvalue weighted by atomic mass is 16.8. The SMILES string of the molecule is CN(C)c1ccc(O)c2c1CC1CC3C(N)C(O)=C(C(N)=O)C4(O)O[C@]34C(=O)C1=C2O. The number of Topliss-reactive ketones (excluding diaryl/α,β-unsaturated/α-hetero) is 1. The molecule has 1 saturated carbocycles. The highest BCUT2D eigenvalue weighted by Crippen LogP contribution is 2.66. The number of aliphatic hydroxyl groups is 3. The molecule has 1 heterocycles. The van der Waals surface area contributed by atoms with Crippen LogP contribution in [0, 0.1) is 11.8 Å². The van der Waals surface area contributed by atoms with Crippen molar-refractivity contribution >= 4 is 23.1 Å². The number of epoxide rings is 1. The van der Waals surface area contributed by atoms with Crippen LogP contribution in [-0.4, -0.2) is 63.6 Å². The topological polar surface area (TPSA) is 183 Å². The second-order valence-electron chi connectivity index (χ2n) is 8.82. The van der Waals surface area contributed by atoms with E-state index in [1.807, 2.05) is 19.0 Å². The third-order valence-corrected chi connectivity index (χ3v) is 7.10. The third kappa shape index (κ3) is 2.11. The molecule has 164 valence electrons. The number of fused-ring (bicyclic) bond motifs is 2. The molecule has 1 spiro atoms. The van der Waals surface area contributed by atoms with E-state index >= 15 is 0 Å². The summed E-state index contributed by atoms with van der Waals surface area (Å²) in [7, 11) is 3.65. The molecule has 10 heteroatoms. The van der Waals surface area contributed by atoms with Crippen LogP contribution in [0.25, 0.3) is 5.76 Å². The van der Waals surface area contributed by atoms with E-state index in [0.29, 0.717) is 12.0 Å². The van der Waals surface area contributed by atoms with Crippen molar-refractivity contribution in [1.29, 1.82) is 0 Å². The van der Waals surface area contributed by atoms with Crippen molar-refractivity contribution in [2.24, 2.45) is 23.3 Å². The fraction of sp³-hybridized carbons (Fsp3) is 0.429. The first kappa shape index (κ1) is 19.9. The third-order valence-electron chi connectivity index (χ3n) is 7.10. The van der Waals surface area contributed by atoms with Gasteiger partial charge in [-0.25, -0.2) is 0 Å². The molecule has 10 nitrogen and oxygen atoms in total. The molecule has 31 heavy (non-hydrogen) atoms. The van der Waals surface area contributed by atoms with Crippen molar-refractivity contribution in [1.82, 2.24) is 0 Å². The first-order valence-electron chi connectivity index (χ1n) is 9.89. The Balaban J connectivity index is 1.71. The van der Waals surface area contributed by atoms with Crippen LogP contribution < -0.4 is 16.4 Å². The Labute approximate surface area is 177 Å². The number of phenols is 1. The van der Waals surface area contributed by atoms with E-state index < -0.39 is 58.0 Å². The van der Waals surface area contributed by atoms with E-state index in [1.54, 1.807) is 6.07 Å². The fourth-order valence-corrected chi connectivity index (χ4v) is 5.72. The van der Waals surface area contributed by atoms with E-state index in [1.165, 1.54) is 6.07 Å². The molecule has 1 aromatic rings. The van der Waals surface area contributed by atoms with E-state index in [0.717, 1.165) is 5.69 Å². The Morgan fingerprint density at radius 3 is 2.55 bits per heavy atom. The number of benzene rings is 1. The number of nitrogens with two attached hydrogens (primary N) is 2. The van der Waals surface area contributed by atoms with Gasteiger partial charge in [0.05, 0.1) is 11.6 Å². The summed E-state index contributed by atoms with van der Waals surface area (Å²) in [5.74, 6) is -6.78. The molecule has 1 aromatic carbocycles. The van der Waals surface area contributed by atoms with Crippen LogP contribution in [0.15, 0.2) is 29.0 Å². The number of hydrogen-bond donors (Lipinski definition) is 6. The number of aromatic hydroxyl groups is 1. The molecule has 3 aliphatic carbocycles. The lowest BCUT2D eigenvalue weighted by molar-refractivity contribution is -0.126. The molecular weight excluding hydrogens is 406 g/mol. The minimum atomic E-state index is -2.41. The predicted octanol–water partition coefficient (Wildman–Crippen LogP) is -0.415. The summed E-state index contributed by atoms with van der Waals surface area (Å²) >= 11 is 0. The maximum absolute atomic E-state index is 13.6. The molecule has 4 unspecified atom stereocenters. The average Bonchev–Trinajstić information content (AvgIpc) is 3.30. The normalized spacial score (nSPS) is 35.7. The molecular formula is C21H23N3O7. The number of hydrogen-bond acceptors (Lipinski definition) is 9. The van der Waals surface area contributed by atoms with Gasteiger partial charge in [0.2, 0.25) is 11.6 Å². The Morgan fingerprint density at radius 1 is 1.26 bits per heavy atom.